The molecule has 0 unspecified atom stereocenters. The molecule has 120 valence electrons. The molecule has 23 heavy (non-hydrogen) atoms. The van der Waals surface area contributed by atoms with Crippen LogP contribution in [0.2, 0.25) is 0 Å². The average Bonchev–Trinajstić information content (AvgIpc) is 2.52. The zero-order chi connectivity index (χ0) is 17.0. The third-order valence-corrected chi connectivity index (χ3v) is 3.62. The molecule has 3 N–H and O–H groups in total. The van der Waals surface area contributed by atoms with Crippen LogP contribution < -0.4 is 4.74 Å². The molecule has 0 atom stereocenters. The Morgan fingerprint density at radius 1 is 0.826 bits per heavy atom. The van der Waals surface area contributed by atoms with Crippen molar-refractivity contribution in [3.63, 3.8) is 0 Å². The van der Waals surface area contributed by atoms with Crippen LogP contribution in [0.15, 0.2) is 49.6 Å². The van der Waals surface area contributed by atoms with E-state index in [9.17, 15) is 15.3 Å². The van der Waals surface area contributed by atoms with E-state index in [1.54, 1.807) is 24.3 Å². The minimum Gasteiger partial charge on any atom is -0.504 e. The normalized spacial score (nSPS) is 10.3. The maximum absolute atomic E-state index is 10.00. The topological polar surface area (TPSA) is 69.9 Å². The first-order valence-corrected chi connectivity index (χ1v) is 7.18. The van der Waals surface area contributed by atoms with Crippen molar-refractivity contribution in [3.8, 4) is 34.1 Å². The van der Waals surface area contributed by atoms with Gasteiger partial charge in [-0.2, -0.15) is 0 Å². The second-order valence-electron chi connectivity index (χ2n) is 5.16. The second-order valence-corrected chi connectivity index (χ2v) is 5.16. The zero-order valence-electron chi connectivity index (χ0n) is 13.0. The van der Waals surface area contributed by atoms with Gasteiger partial charge in [0.1, 0.15) is 0 Å². The van der Waals surface area contributed by atoms with Crippen molar-refractivity contribution >= 4 is 0 Å². The van der Waals surface area contributed by atoms with E-state index in [4.69, 9.17) is 4.74 Å². The maximum atomic E-state index is 10.00. The molecular formula is C19H20O4. The van der Waals surface area contributed by atoms with Crippen LogP contribution in [0.1, 0.15) is 11.1 Å². The van der Waals surface area contributed by atoms with E-state index < -0.39 is 0 Å². The fourth-order valence-corrected chi connectivity index (χ4v) is 2.55. The molecule has 0 aliphatic heterocycles. The molecule has 0 spiro atoms. The van der Waals surface area contributed by atoms with Gasteiger partial charge >= 0.3 is 0 Å². The number of aromatic hydroxyl groups is 3. The summed E-state index contributed by atoms with van der Waals surface area (Å²) < 4.78 is 5.19. The molecule has 0 amide bonds. The number of methoxy groups -OCH3 is 1. The monoisotopic (exact) mass is 312 g/mol. The largest absolute Gasteiger partial charge is 0.504 e. The van der Waals surface area contributed by atoms with Crippen LogP contribution in [0, 0.1) is 0 Å². The minimum atomic E-state index is -0.204. The van der Waals surface area contributed by atoms with Gasteiger partial charge in [0.25, 0.3) is 0 Å². The molecule has 0 aliphatic rings. The Kier molecular flexibility index (Phi) is 4.96. The summed E-state index contributed by atoms with van der Waals surface area (Å²) in [6.45, 7) is 7.46. The molecule has 0 heterocycles. The van der Waals surface area contributed by atoms with E-state index in [0.717, 1.165) is 22.3 Å². The van der Waals surface area contributed by atoms with Crippen LogP contribution in [0.5, 0.6) is 23.0 Å². The van der Waals surface area contributed by atoms with E-state index in [1.165, 1.54) is 19.2 Å². The molecule has 0 saturated heterocycles. The summed E-state index contributed by atoms with van der Waals surface area (Å²) in [6, 6.07) is 6.36. The lowest BCUT2D eigenvalue weighted by molar-refractivity contribution is 0.373. The Bertz CT molecular complexity index is 748. The summed E-state index contributed by atoms with van der Waals surface area (Å²) >= 11 is 0. The van der Waals surface area contributed by atoms with Gasteiger partial charge in [-0.05, 0) is 59.4 Å². The predicted molar refractivity (Wildman–Crippen MR) is 91.2 cm³/mol. The van der Waals surface area contributed by atoms with E-state index >= 15 is 0 Å². The molecule has 0 aromatic heterocycles. The molecule has 2 aromatic carbocycles. The standard InChI is InChI=1S/C19H20O4/c1-4-6-12-8-16(20)17(21)10-14(12)15-11-19(23-3)18(22)9-13(15)7-5-2/h4-5,8-11,20-22H,1-2,6-7H2,3H3. The van der Waals surface area contributed by atoms with Crippen LogP contribution in [0.3, 0.4) is 0 Å². The Morgan fingerprint density at radius 2 is 1.30 bits per heavy atom. The van der Waals surface area contributed by atoms with Crippen molar-refractivity contribution in [1.29, 1.82) is 0 Å². The highest BCUT2D eigenvalue weighted by molar-refractivity contribution is 5.76. The van der Waals surface area contributed by atoms with Crippen molar-refractivity contribution in [2.45, 2.75) is 12.8 Å². The molecule has 2 rings (SSSR count). The Balaban J connectivity index is 2.75. The van der Waals surface area contributed by atoms with Gasteiger partial charge in [-0.15, -0.1) is 13.2 Å². The first kappa shape index (κ1) is 16.5. The molecule has 4 nitrogen and oxygen atoms in total. The lowest BCUT2D eigenvalue weighted by Crippen LogP contribution is -1.95. The molecule has 0 radical (unpaired) electrons. The Labute approximate surface area is 135 Å². The summed E-state index contributed by atoms with van der Waals surface area (Å²) in [5, 5.41) is 29.6. The summed E-state index contributed by atoms with van der Waals surface area (Å²) in [5.41, 5.74) is 3.20. The highest BCUT2D eigenvalue weighted by Gasteiger charge is 2.16. The van der Waals surface area contributed by atoms with Gasteiger partial charge in [0, 0.05) is 0 Å². The van der Waals surface area contributed by atoms with Crippen molar-refractivity contribution < 1.29 is 20.1 Å². The zero-order valence-corrected chi connectivity index (χ0v) is 13.0. The highest BCUT2D eigenvalue weighted by atomic mass is 16.5. The molecular weight excluding hydrogens is 292 g/mol. The minimum absolute atomic E-state index is 0.0429. The fraction of sp³-hybridized carbons (Fsp3) is 0.158. The van der Waals surface area contributed by atoms with Crippen molar-refractivity contribution in [2.75, 3.05) is 7.11 Å². The number of ether oxygens (including phenoxy) is 1. The van der Waals surface area contributed by atoms with E-state index in [2.05, 4.69) is 13.2 Å². The van der Waals surface area contributed by atoms with Crippen molar-refractivity contribution in [1.82, 2.24) is 0 Å². The van der Waals surface area contributed by atoms with E-state index in [-0.39, 0.29) is 17.2 Å². The number of phenols is 3. The summed E-state index contributed by atoms with van der Waals surface area (Å²) in [5.74, 6) is -0.00248. The van der Waals surface area contributed by atoms with Crippen LogP contribution in [-0.4, -0.2) is 22.4 Å². The maximum Gasteiger partial charge on any atom is 0.161 e. The smallest absolute Gasteiger partial charge is 0.161 e. The second kappa shape index (κ2) is 6.92. The van der Waals surface area contributed by atoms with E-state index in [0.29, 0.717) is 18.6 Å². The molecule has 0 fully saturated rings. The van der Waals surface area contributed by atoms with Crippen LogP contribution in [0.25, 0.3) is 11.1 Å². The number of hydrogen-bond donors (Lipinski definition) is 3. The quantitative estimate of drug-likeness (QED) is 0.558. The SMILES string of the molecule is C=CCc1cc(O)c(O)cc1-c1cc(OC)c(O)cc1CC=C. The van der Waals surface area contributed by atoms with Gasteiger partial charge in [0.05, 0.1) is 7.11 Å². The molecule has 4 heteroatoms. The predicted octanol–water partition coefficient (Wildman–Crippen LogP) is 3.94. The van der Waals surface area contributed by atoms with Gasteiger partial charge < -0.3 is 20.1 Å². The van der Waals surface area contributed by atoms with Gasteiger partial charge in [-0.1, -0.05) is 12.2 Å². The van der Waals surface area contributed by atoms with Crippen LogP contribution in [0.4, 0.5) is 0 Å². The number of benzene rings is 2. The van der Waals surface area contributed by atoms with Gasteiger partial charge in [0.2, 0.25) is 0 Å². The third kappa shape index (κ3) is 3.31. The van der Waals surface area contributed by atoms with Crippen LogP contribution in [-0.2, 0) is 12.8 Å². The fourth-order valence-electron chi connectivity index (χ4n) is 2.55. The number of hydrogen-bond acceptors (Lipinski definition) is 4. The summed E-state index contributed by atoms with van der Waals surface area (Å²) in [6.07, 6.45) is 4.53. The van der Waals surface area contributed by atoms with Crippen LogP contribution >= 0.6 is 0 Å². The molecule has 0 saturated carbocycles. The third-order valence-electron chi connectivity index (χ3n) is 3.62. The first-order valence-electron chi connectivity index (χ1n) is 7.18. The van der Waals surface area contributed by atoms with E-state index in [1.807, 2.05) is 0 Å². The Hall–Kier alpha value is -2.88. The summed E-state index contributed by atoms with van der Waals surface area (Å²) in [7, 11) is 1.48. The molecule has 2 aromatic rings. The molecule has 0 aliphatic carbocycles. The number of phenolic OH excluding ortho intramolecular Hbond substituents is 3. The average molecular weight is 312 g/mol. The van der Waals surface area contributed by atoms with Gasteiger partial charge in [0.15, 0.2) is 23.0 Å². The van der Waals surface area contributed by atoms with Gasteiger partial charge in [-0.25, -0.2) is 0 Å². The molecule has 0 bridgehead atoms. The van der Waals surface area contributed by atoms with Gasteiger partial charge in [-0.3, -0.25) is 0 Å². The number of rotatable bonds is 6. The van der Waals surface area contributed by atoms with Crippen molar-refractivity contribution in [3.05, 3.63) is 60.7 Å². The number of allylic oxidation sites excluding steroid dienone is 2. The first-order chi connectivity index (χ1) is 11.0. The highest BCUT2D eigenvalue weighted by Crippen LogP contribution is 2.40. The Morgan fingerprint density at radius 3 is 1.83 bits per heavy atom. The lowest BCUT2D eigenvalue weighted by Gasteiger charge is -2.16. The van der Waals surface area contributed by atoms with Crippen molar-refractivity contribution in [2.24, 2.45) is 0 Å². The lowest BCUT2D eigenvalue weighted by atomic mass is 9.91. The summed E-state index contributed by atoms with van der Waals surface area (Å²) in [4.78, 5) is 0.